The first-order valence-corrected chi connectivity index (χ1v) is 6.64. The van der Waals surface area contributed by atoms with E-state index in [0.717, 1.165) is 43.7 Å². The Morgan fingerprint density at radius 1 is 1.18 bits per heavy atom. The molecule has 0 amide bonds. The summed E-state index contributed by atoms with van der Waals surface area (Å²) in [7, 11) is 0. The maximum atomic E-state index is 12.0. The Labute approximate surface area is 101 Å². The smallest absolute Gasteiger partial charge is 0.254 e. The summed E-state index contributed by atoms with van der Waals surface area (Å²) in [5, 5.41) is 3.35. The third-order valence-electron chi connectivity index (χ3n) is 4.08. The molecule has 4 heteroatoms. The second kappa shape index (κ2) is 4.61. The SMILES string of the molecule is O=c1[nH]c(C2CCCNC2)ncc1C1CCC1. The van der Waals surface area contributed by atoms with Crippen LogP contribution in [0.1, 0.15) is 55.3 Å². The van der Waals surface area contributed by atoms with Gasteiger partial charge in [-0.25, -0.2) is 4.98 Å². The molecule has 2 N–H and O–H groups in total. The maximum Gasteiger partial charge on any atom is 0.254 e. The van der Waals surface area contributed by atoms with Crippen LogP contribution in [0.2, 0.25) is 0 Å². The maximum absolute atomic E-state index is 12.0. The molecule has 2 aliphatic rings. The second-order valence-corrected chi connectivity index (χ2v) is 5.22. The van der Waals surface area contributed by atoms with Crippen LogP contribution in [0.15, 0.2) is 11.0 Å². The molecule has 17 heavy (non-hydrogen) atoms. The first kappa shape index (κ1) is 11.0. The summed E-state index contributed by atoms with van der Waals surface area (Å²) in [6, 6.07) is 0. The van der Waals surface area contributed by atoms with Crippen molar-refractivity contribution in [3.63, 3.8) is 0 Å². The lowest BCUT2D eigenvalue weighted by molar-refractivity contribution is 0.411. The number of H-pyrrole nitrogens is 1. The Morgan fingerprint density at radius 3 is 2.59 bits per heavy atom. The van der Waals surface area contributed by atoms with E-state index in [0.29, 0.717) is 11.8 Å². The van der Waals surface area contributed by atoms with Crippen LogP contribution in [0, 0.1) is 0 Å². The summed E-state index contributed by atoms with van der Waals surface area (Å²) in [4.78, 5) is 19.5. The third-order valence-corrected chi connectivity index (χ3v) is 4.08. The van der Waals surface area contributed by atoms with Crippen molar-refractivity contribution in [2.45, 2.75) is 43.9 Å². The molecule has 0 spiro atoms. The van der Waals surface area contributed by atoms with E-state index >= 15 is 0 Å². The van der Waals surface area contributed by atoms with Gasteiger partial charge in [0.15, 0.2) is 0 Å². The van der Waals surface area contributed by atoms with Crippen molar-refractivity contribution < 1.29 is 0 Å². The van der Waals surface area contributed by atoms with Crippen molar-refractivity contribution in [2.75, 3.05) is 13.1 Å². The first-order valence-electron chi connectivity index (χ1n) is 6.64. The monoisotopic (exact) mass is 233 g/mol. The first-order chi connectivity index (χ1) is 8.34. The summed E-state index contributed by atoms with van der Waals surface area (Å²) in [5.41, 5.74) is 0.981. The standard InChI is InChI=1S/C13H19N3O/c17-13-11(9-3-1-4-9)8-15-12(16-13)10-5-2-6-14-7-10/h8-10,14H,1-7H2,(H,15,16,17). The second-order valence-electron chi connectivity index (χ2n) is 5.22. The molecule has 1 aliphatic carbocycles. The van der Waals surface area contributed by atoms with E-state index in [2.05, 4.69) is 15.3 Å². The minimum absolute atomic E-state index is 0.0882. The van der Waals surface area contributed by atoms with Crippen LogP contribution in [-0.2, 0) is 0 Å². The predicted molar refractivity (Wildman–Crippen MR) is 66.3 cm³/mol. The third kappa shape index (κ3) is 2.14. The predicted octanol–water partition coefficient (Wildman–Crippen LogP) is 1.50. The van der Waals surface area contributed by atoms with E-state index in [-0.39, 0.29) is 5.56 Å². The molecular weight excluding hydrogens is 214 g/mol. The zero-order valence-electron chi connectivity index (χ0n) is 10.0. The van der Waals surface area contributed by atoms with Gasteiger partial charge in [0.25, 0.3) is 5.56 Å². The molecule has 2 heterocycles. The topological polar surface area (TPSA) is 57.8 Å². The zero-order chi connectivity index (χ0) is 11.7. The van der Waals surface area contributed by atoms with Crippen molar-refractivity contribution in [3.8, 4) is 0 Å². The van der Waals surface area contributed by atoms with Gasteiger partial charge in [0, 0.05) is 24.2 Å². The molecule has 92 valence electrons. The van der Waals surface area contributed by atoms with E-state index in [9.17, 15) is 4.79 Å². The highest BCUT2D eigenvalue weighted by Gasteiger charge is 2.24. The number of aromatic nitrogens is 2. The molecule has 4 nitrogen and oxygen atoms in total. The van der Waals surface area contributed by atoms with Crippen molar-refractivity contribution in [2.24, 2.45) is 0 Å². The normalized spacial score (nSPS) is 25.5. The molecule has 1 unspecified atom stereocenters. The van der Waals surface area contributed by atoms with Gasteiger partial charge >= 0.3 is 0 Å². The molecule has 1 aromatic heterocycles. The molecule has 0 bridgehead atoms. The lowest BCUT2D eigenvalue weighted by atomic mass is 9.81. The molecule has 1 saturated heterocycles. The van der Waals surface area contributed by atoms with E-state index in [4.69, 9.17) is 0 Å². The van der Waals surface area contributed by atoms with Gasteiger partial charge in [0.2, 0.25) is 0 Å². The number of aromatic amines is 1. The zero-order valence-corrected chi connectivity index (χ0v) is 10.0. The molecule has 3 rings (SSSR count). The van der Waals surface area contributed by atoms with Crippen molar-refractivity contribution in [3.05, 3.63) is 27.9 Å². The summed E-state index contributed by atoms with van der Waals surface area (Å²) in [5.74, 6) is 1.71. The number of hydrogen-bond acceptors (Lipinski definition) is 3. The summed E-state index contributed by atoms with van der Waals surface area (Å²) in [6.07, 6.45) is 7.65. The molecule has 1 aromatic rings. The van der Waals surface area contributed by atoms with Gasteiger partial charge in [-0.2, -0.15) is 0 Å². The number of nitrogens with one attached hydrogen (secondary N) is 2. The van der Waals surface area contributed by atoms with Crippen LogP contribution >= 0.6 is 0 Å². The van der Waals surface area contributed by atoms with Crippen molar-refractivity contribution >= 4 is 0 Å². The number of nitrogens with zero attached hydrogens (tertiary/aromatic N) is 1. The van der Waals surface area contributed by atoms with Crippen LogP contribution in [0.5, 0.6) is 0 Å². The van der Waals surface area contributed by atoms with Crippen molar-refractivity contribution in [1.82, 2.24) is 15.3 Å². The van der Waals surface area contributed by atoms with E-state index in [1.165, 1.54) is 12.8 Å². The van der Waals surface area contributed by atoms with E-state index in [1.54, 1.807) is 0 Å². The molecular formula is C13H19N3O. The lowest BCUT2D eigenvalue weighted by Gasteiger charge is -2.25. The Bertz CT molecular complexity index is 444. The Hall–Kier alpha value is -1.16. The van der Waals surface area contributed by atoms with Crippen LogP contribution in [0.4, 0.5) is 0 Å². The number of rotatable bonds is 2. The fraction of sp³-hybridized carbons (Fsp3) is 0.692. The van der Waals surface area contributed by atoms with E-state index in [1.807, 2.05) is 6.20 Å². The lowest BCUT2D eigenvalue weighted by Crippen LogP contribution is -2.31. The molecule has 1 aliphatic heterocycles. The largest absolute Gasteiger partial charge is 0.316 e. The highest BCUT2D eigenvalue weighted by molar-refractivity contribution is 5.16. The molecule has 0 radical (unpaired) electrons. The van der Waals surface area contributed by atoms with Crippen LogP contribution in [-0.4, -0.2) is 23.1 Å². The fourth-order valence-corrected chi connectivity index (χ4v) is 2.72. The highest BCUT2D eigenvalue weighted by Crippen LogP contribution is 2.34. The van der Waals surface area contributed by atoms with Crippen molar-refractivity contribution in [1.29, 1.82) is 0 Å². The molecule has 1 atom stereocenters. The van der Waals surface area contributed by atoms with Crippen LogP contribution in [0.25, 0.3) is 0 Å². The Kier molecular flexibility index (Phi) is 2.97. The Morgan fingerprint density at radius 2 is 2.00 bits per heavy atom. The minimum atomic E-state index is 0.0882. The highest BCUT2D eigenvalue weighted by atomic mass is 16.1. The molecule has 1 saturated carbocycles. The number of hydrogen-bond donors (Lipinski definition) is 2. The van der Waals surface area contributed by atoms with Gasteiger partial charge in [-0.15, -0.1) is 0 Å². The van der Waals surface area contributed by atoms with Gasteiger partial charge < -0.3 is 10.3 Å². The van der Waals surface area contributed by atoms with E-state index < -0.39 is 0 Å². The van der Waals surface area contributed by atoms with Gasteiger partial charge in [-0.1, -0.05) is 6.42 Å². The van der Waals surface area contributed by atoms with Crippen LogP contribution < -0.4 is 10.9 Å². The average molecular weight is 233 g/mol. The van der Waals surface area contributed by atoms with Gasteiger partial charge in [0.1, 0.15) is 5.82 Å². The fourth-order valence-electron chi connectivity index (χ4n) is 2.72. The Balaban J connectivity index is 1.82. The van der Waals surface area contributed by atoms with Gasteiger partial charge in [-0.3, -0.25) is 4.79 Å². The summed E-state index contributed by atoms with van der Waals surface area (Å²) >= 11 is 0. The molecule has 0 aromatic carbocycles. The minimum Gasteiger partial charge on any atom is -0.316 e. The van der Waals surface area contributed by atoms with Gasteiger partial charge in [0.05, 0.1) is 0 Å². The summed E-state index contributed by atoms with van der Waals surface area (Å²) < 4.78 is 0. The summed E-state index contributed by atoms with van der Waals surface area (Å²) in [6.45, 7) is 2.02. The average Bonchev–Trinajstić information content (AvgIpc) is 2.30. The van der Waals surface area contributed by atoms with Crippen LogP contribution in [0.3, 0.4) is 0 Å². The molecule has 2 fully saturated rings. The van der Waals surface area contributed by atoms with Gasteiger partial charge in [-0.05, 0) is 38.1 Å². The number of piperidine rings is 1. The quantitative estimate of drug-likeness (QED) is 0.814.